The number of imide groups is 1. The summed E-state index contributed by atoms with van der Waals surface area (Å²) in [5.41, 5.74) is 0.493. The fourth-order valence-electron chi connectivity index (χ4n) is 2.43. The number of piperazine rings is 1. The predicted molar refractivity (Wildman–Crippen MR) is 68.3 cm³/mol. The Labute approximate surface area is 119 Å². The second kappa shape index (κ2) is 4.58. The van der Waals surface area contributed by atoms with E-state index in [1.54, 1.807) is 12.1 Å². The molecule has 0 spiro atoms. The van der Waals surface area contributed by atoms with Gasteiger partial charge in [-0.3, -0.25) is 19.3 Å². The van der Waals surface area contributed by atoms with E-state index in [1.165, 1.54) is 12.1 Å². The van der Waals surface area contributed by atoms with Crippen molar-refractivity contribution in [3.05, 3.63) is 35.4 Å². The molecule has 1 fully saturated rings. The van der Waals surface area contributed by atoms with Crippen molar-refractivity contribution in [2.24, 2.45) is 0 Å². The van der Waals surface area contributed by atoms with E-state index in [-0.39, 0.29) is 30.8 Å². The van der Waals surface area contributed by atoms with Crippen molar-refractivity contribution < 1.29 is 24.3 Å². The van der Waals surface area contributed by atoms with Crippen molar-refractivity contribution >= 4 is 23.8 Å². The minimum Gasteiger partial charge on any atom is -0.465 e. The number of amides is 4. The molecule has 1 aromatic rings. The highest BCUT2D eigenvalue weighted by Gasteiger charge is 2.43. The molecule has 2 aliphatic heterocycles. The van der Waals surface area contributed by atoms with Crippen LogP contribution in [0.2, 0.25) is 0 Å². The van der Waals surface area contributed by atoms with Gasteiger partial charge in [0.1, 0.15) is 6.54 Å². The maximum Gasteiger partial charge on any atom is 0.407 e. The summed E-state index contributed by atoms with van der Waals surface area (Å²) >= 11 is 0. The lowest BCUT2D eigenvalue weighted by molar-refractivity contribution is -0.146. The Hall–Kier alpha value is -2.90. The van der Waals surface area contributed by atoms with Crippen LogP contribution >= 0.6 is 0 Å². The van der Waals surface area contributed by atoms with Gasteiger partial charge < -0.3 is 5.11 Å². The molecule has 3 rings (SSSR count). The molecule has 108 valence electrons. The van der Waals surface area contributed by atoms with Crippen molar-refractivity contribution in [1.29, 1.82) is 0 Å². The third-order valence-corrected chi connectivity index (χ3v) is 3.48. The molecule has 8 heteroatoms. The van der Waals surface area contributed by atoms with Crippen LogP contribution in [0.25, 0.3) is 0 Å². The molecular formula is C13H11N3O5. The fourth-order valence-corrected chi connectivity index (χ4v) is 2.43. The Balaban J connectivity index is 1.87. The number of carbonyl (C=O) groups excluding carboxylic acids is 3. The molecule has 1 aromatic carbocycles. The zero-order chi connectivity index (χ0) is 15.1. The van der Waals surface area contributed by atoms with E-state index in [9.17, 15) is 19.2 Å². The molecule has 2 aliphatic rings. The molecule has 1 N–H and O–H groups in total. The third-order valence-electron chi connectivity index (χ3n) is 3.48. The van der Waals surface area contributed by atoms with Gasteiger partial charge in [0.2, 0.25) is 0 Å². The Morgan fingerprint density at radius 2 is 1.57 bits per heavy atom. The summed E-state index contributed by atoms with van der Waals surface area (Å²) in [6, 6.07) is 6.32. The number of benzene rings is 1. The number of nitrogens with zero attached hydrogens (tertiary/aromatic N) is 3. The summed E-state index contributed by atoms with van der Waals surface area (Å²) in [5.74, 6) is -1.72. The Bertz CT molecular complexity index is 637. The molecule has 0 bridgehead atoms. The van der Waals surface area contributed by atoms with Crippen LogP contribution in [-0.4, -0.2) is 63.5 Å². The molecule has 8 nitrogen and oxygen atoms in total. The van der Waals surface area contributed by atoms with Crippen LogP contribution in [0.1, 0.15) is 20.7 Å². The number of fused-ring (bicyclic) bond motifs is 1. The average Bonchev–Trinajstić information content (AvgIpc) is 2.72. The van der Waals surface area contributed by atoms with Gasteiger partial charge in [0.25, 0.3) is 17.7 Å². The largest absolute Gasteiger partial charge is 0.465 e. The number of carboxylic acid groups (broad SMARTS) is 1. The van der Waals surface area contributed by atoms with Gasteiger partial charge in [-0.2, -0.15) is 5.01 Å². The first-order valence-electron chi connectivity index (χ1n) is 6.26. The first-order valence-corrected chi connectivity index (χ1v) is 6.26. The van der Waals surface area contributed by atoms with Gasteiger partial charge in [0.05, 0.1) is 17.7 Å². The van der Waals surface area contributed by atoms with E-state index in [0.29, 0.717) is 0 Å². The molecule has 4 amide bonds. The molecule has 21 heavy (non-hydrogen) atoms. The first kappa shape index (κ1) is 13.1. The summed E-state index contributed by atoms with van der Waals surface area (Å²) < 4.78 is 0. The minimum atomic E-state index is -1.20. The Kier molecular flexibility index (Phi) is 2.86. The summed E-state index contributed by atoms with van der Waals surface area (Å²) in [6.45, 7) is -0.353. The van der Waals surface area contributed by atoms with E-state index in [1.807, 2.05) is 0 Å². The van der Waals surface area contributed by atoms with Crippen molar-refractivity contribution in [2.75, 3.05) is 19.6 Å². The fraction of sp³-hybridized carbons (Fsp3) is 0.231. The lowest BCUT2D eigenvalue weighted by atomic mass is 10.1. The summed E-state index contributed by atoms with van der Waals surface area (Å²) in [4.78, 5) is 48.3. The summed E-state index contributed by atoms with van der Waals surface area (Å²) in [5, 5.41) is 10.7. The maximum atomic E-state index is 12.2. The number of hydrazine groups is 1. The van der Waals surface area contributed by atoms with Crippen molar-refractivity contribution in [2.45, 2.75) is 0 Å². The van der Waals surface area contributed by atoms with Crippen LogP contribution < -0.4 is 0 Å². The quantitative estimate of drug-likeness (QED) is 0.735. The van der Waals surface area contributed by atoms with Crippen LogP contribution in [0.3, 0.4) is 0 Å². The van der Waals surface area contributed by atoms with Gasteiger partial charge in [0.15, 0.2) is 0 Å². The molecule has 0 aromatic heterocycles. The molecule has 0 aliphatic carbocycles. The van der Waals surface area contributed by atoms with Crippen LogP contribution in [0, 0.1) is 0 Å². The molecule has 0 saturated carbocycles. The van der Waals surface area contributed by atoms with Crippen LogP contribution in [0.15, 0.2) is 24.3 Å². The van der Waals surface area contributed by atoms with E-state index in [0.717, 1.165) is 14.9 Å². The van der Waals surface area contributed by atoms with Crippen LogP contribution in [0.5, 0.6) is 0 Å². The second-order valence-corrected chi connectivity index (χ2v) is 4.69. The molecule has 1 saturated heterocycles. The van der Waals surface area contributed by atoms with Gasteiger partial charge in [-0.1, -0.05) is 12.1 Å². The third kappa shape index (κ3) is 1.92. The lowest BCUT2D eigenvalue weighted by Crippen LogP contribution is -2.59. The summed E-state index contributed by atoms with van der Waals surface area (Å²) in [7, 11) is 0. The molecular weight excluding hydrogens is 278 g/mol. The normalized spacial score (nSPS) is 18.3. The van der Waals surface area contributed by atoms with Gasteiger partial charge >= 0.3 is 6.09 Å². The van der Waals surface area contributed by atoms with Crippen LogP contribution in [-0.2, 0) is 4.79 Å². The van der Waals surface area contributed by atoms with E-state index in [4.69, 9.17) is 5.11 Å². The highest BCUT2D eigenvalue weighted by atomic mass is 16.4. The van der Waals surface area contributed by atoms with E-state index in [2.05, 4.69) is 0 Å². The highest BCUT2D eigenvalue weighted by Crippen LogP contribution is 2.25. The van der Waals surface area contributed by atoms with Gasteiger partial charge in [-0.15, -0.1) is 0 Å². The van der Waals surface area contributed by atoms with Gasteiger partial charge in [-0.05, 0) is 12.1 Å². The van der Waals surface area contributed by atoms with Crippen molar-refractivity contribution in [3.63, 3.8) is 0 Å². The van der Waals surface area contributed by atoms with Crippen molar-refractivity contribution in [3.8, 4) is 0 Å². The predicted octanol–water partition coefficient (Wildman–Crippen LogP) is 0.0198. The molecule has 2 heterocycles. The average molecular weight is 289 g/mol. The minimum absolute atomic E-state index is 0.0311. The second-order valence-electron chi connectivity index (χ2n) is 4.69. The first-order chi connectivity index (χ1) is 10.0. The summed E-state index contributed by atoms with van der Waals surface area (Å²) in [6.07, 6.45) is -1.20. The monoisotopic (exact) mass is 289 g/mol. The number of rotatable bonds is 1. The highest BCUT2D eigenvalue weighted by molar-refractivity contribution is 6.21. The molecule has 0 atom stereocenters. The zero-order valence-corrected chi connectivity index (χ0v) is 10.9. The maximum absolute atomic E-state index is 12.2. The number of carbonyl (C=O) groups is 4. The topological polar surface area (TPSA) is 98.2 Å². The Morgan fingerprint density at radius 3 is 2.05 bits per heavy atom. The van der Waals surface area contributed by atoms with Crippen LogP contribution in [0.4, 0.5) is 4.79 Å². The Morgan fingerprint density at radius 1 is 1.00 bits per heavy atom. The van der Waals surface area contributed by atoms with Gasteiger partial charge in [0, 0.05) is 6.54 Å². The standard InChI is InChI=1S/C13H11N3O5/c17-10-7-14(13(20)21)5-6-15(10)16-11(18)8-3-1-2-4-9(8)12(16)19/h1-4H,5-7H2,(H,20,21). The lowest BCUT2D eigenvalue weighted by Gasteiger charge is -2.36. The molecule has 0 radical (unpaired) electrons. The smallest absolute Gasteiger partial charge is 0.407 e. The SMILES string of the molecule is O=C(O)N1CCN(N2C(=O)c3ccccc3C2=O)C(=O)C1. The van der Waals surface area contributed by atoms with Gasteiger partial charge in [-0.25, -0.2) is 9.80 Å². The van der Waals surface area contributed by atoms with E-state index < -0.39 is 23.8 Å². The van der Waals surface area contributed by atoms with E-state index >= 15 is 0 Å². The number of hydrogen-bond acceptors (Lipinski definition) is 4. The zero-order valence-electron chi connectivity index (χ0n) is 10.9. The number of hydrogen-bond donors (Lipinski definition) is 1. The molecule has 0 unspecified atom stereocenters. The van der Waals surface area contributed by atoms with Crippen molar-refractivity contribution in [1.82, 2.24) is 14.9 Å².